The standard InChI is InChI=1S/C15H14F3N3OS/c1-10(14(22)21(2)7-3-6-19)23-12-5-4-11(9-20)13(8-12)15(16,17)18/h4-5,8,10H,3,7H2,1-2H3. The lowest BCUT2D eigenvalue weighted by Gasteiger charge is -2.20. The van der Waals surface area contributed by atoms with Crippen molar-refractivity contribution in [1.82, 2.24) is 4.90 Å². The number of hydrogen-bond acceptors (Lipinski definition) is 4. The van der Waals surface area contributed by atoms with Gasteiger partial charge in [0.05, 0.1) is 34.9 Å². The number of amides is 1. The smallest absolute Gasteiger partial charge is 0.344 e. The Morgan fingerprint density at radius 1 is 1.39 bits per heavy atom. The topological polar surface area (TPSA) is 67.9 Å². The third-order valence-corrected chi connectivity index (χ3v) is 4.09. The van der Waals surface area contributed by atoms with Gasteiger partial charge in [-0.05, 0) is 25.1 Å². The number of rotatable bonds is 5. The average Bonchev–Trinajstić information content (AvgIpc) is 2.50. The first-order valence-corrected chi connectivity index (χ1v) is 7.48. The number of hydrogen-bond donors (Lipinski definition) is 0. The summed E-state index contributed by atoms with van der Waals surface area (Å²) >= 11 is 0.979. The van der Waals surface area contributed by atoms with E-state index < -0.39 is 22.6 Å². The van der Waals surface area contributed by atoms with Crippen LogP contribution in [0.25, 0.3) is 0 Å². The number of halogens is 3. The first kappa shape index (κ1) is 18.9. The lowest BCUT2D eigenvalue weighted by molar-refractivity contribution is -0.138. The fourth-order valence-corrected chi connectivity index (χ4v) is 2.84. The molecule has 0 aliphatic carbocycles. The highest BCUT2D eigenvalue weighted by molar-refractivity contribution is 8.00. The molecule has 122 valence electrons. The normalized spacial score (nSPS) is 12.1. The number of benzene rings is 1. The molecule has 1 rings (SSSR count). The summed E-state index contributed by atoms with van der Waals surface area (Å²) in [5.41, 5.74) is -1.46. The molecule has 1 amide bonds. The largest absolute Gasteiger partial charge is 0.417 e. The van der Waals surface area contributed by atoms with Crippen molar-refractivity contribution in [1.29, 1.82) is 10.5 Å². The van der Waals surface area contributed by atoms with Gasteiger partial charge in [0, 0.05) is 18.5 Å². The summed E-state index contributed by atoms with van der Waals surface area (Å²) < 4.78 is 38.7. The quantitative estimate of drug-likeness (QED) is 0.770. The second-order valence-corrected chi connectivity index (χ2v) is 6.16. The van der Waals surface area contributed by atoms with Gasteiger partial charge in [0.2, 0.25) is 5.91 Å². The minimum absolute atomic E-state index is 0.189. The van der Waals surface area contributed by atoms with Gasteiger partial charge in [-0.15, -0.1) is 11.8 Å². The molecule has 0 spiro atoms. The second-order valence-electron chi connectivity index (χ2n) is 4.74. The maximum atomic E-state index is 12.9. The molecule has 0 heterocycles. The summed E-state index contributed by atoms with van der Waals surface area (Å²) in [5, 5.41) is 16.7. The summed E-state index contributed by atoms with van der Waals surface area (Å²) in [6, 6.07) is 6.80. The van der Waals surface area contributed by atoms with Crippen molar-refractivity contribution in [2.45, 2.75) is 29.7 Å². The predicted molar refractivity (Wildman–Crippen MR) is 79.3 cm³/mol. The number of carbonyl (C=O) groups excluding carboxylic acids is 1. The van der Waals surface area contributed by atoms with Crippen LogP contribution in [0, 0.1) is 22.7 Å². The van der Waals surface area contributed by atoms with Crippen LogP contribution in [0.5, 0.6) is 0 Å². The molecule has 0 aliphatic heterocycles. The average molecular weight is 341 g/mol. The maximum absolute atomic E-state index is 12.9. The zero-order chi connectivity index (χ0) is 17.6. The van der Waals surface area contributed by atoms with Crippen LogP contribution in [0.1, 0.15) is 24.5 Å². The van der Waals surface area contributed by atoms with Crippen LogP contribution in [-0.2, 0) is 11.0 Å². The third kappa shape index (κ3) is 5.19. The van der Waals surface area contributed by atoms with Crippen LogP contribution >= 0.6 is 11.8 Å². The highest BCUT2D eigenvalue weighted by atomic mass is 32.2. The van der Waals surface area contributed by atoms with Crippen LogP contribution in [0.2, 0.25) is 0 Å². The Kier molecular flexibility index (Phi) is 6.47. The van der Waals surface area contributed by atoms with Crippen LogP contribution in [-0.4, -0.2) is 29.6 Å². The molecule has 0 fully saturated rings. The summed E-state index contributed by atoms with van der Waals surface area (Å²) in [6.45, 7) is 1.85. The van der Waals surface area contributed by atoms with Gasteiger partial charge in [-0.2, -0.15) is 23.7 Å². The van der Waals surface area contributed by atoms with Crippen molar-refractivity contribution in [3.8, 4) is 12.1 Å². The molecular formula is C15H14F3N3OS. The fraction of sp³-hybridized carbons (Fsp3) is 0.400. The second kappa shape index (κ2) is 7.89. The van der Waals surface area contributed by atoms with E-state index in [1.54, 1.807) is 6.92 Å². The lowest BCUT2D eigenvalue weighted by atomic mass is 10.1. The van der Waals surface area contributed by atoms with E-state index in [-0.39, 0.29) is 23.8 Å². The molecule has 0 bridgehead atoms. The van der Waals surface area contributed by atoms with Crippen LogP contribution in [0.3, 0.4) is 0 Å². The van der Waals surface area contributed by atoms with Gasteiger partial charge in [0.1, 0.15) is 0 Å². The zero-order valence-electron chi connectivity index (χ0n) is 12.5. The molecule has 0 aliphatic rings. The third-order valence-electron chi connectivity index (χ3n) is 3.01. The molecular weight excluding hydrogens is 327 g/mol. The Bertz CT molecular complexity index is 661. The summed E-state index contributed by atoms with van der Waals surface area (Å²) in [7, 11) is 1.54. The molecule has 8 heteroatoms. The maximum Gasteiger partial charge on any atom is 0.417 e. The fourth-order valence-electron chi connectivity index (χ4n) is 1.82. The van der Waals surface area contributed by atoms with Crippen molar-refractivity contribution in [2.75, 3.05) is 13.6 Å². The van der Waals surface area contributed by atoms with E-state index in [2.05, 4.69) is 0 Å². The predicted octanol–water partition coefficient (Wildman–Crippen LogP) is 3.43. The van der Waals surface area contributed by atoms with E-state index >= 15 is 0 Å². The van der Waals surface area contributed by atoms with Gasteiger partial charge < -0.3 is 4.90 Å². The number of alkyl halides is 3. The lowest BCUT2D eigenvalue weighted by Crippen LogP contribution is -2.33. The monoisotopic (exact) mass is 341 g/mol. The Labute approximate surface area is 136 Å². The van der Waals surface area contributed by atoms with Crippen molar-refractivity contribution in [3.63, 3.8) is 0 Å². The first-order valence-electron chi connectivity index (χ1n) is 6.60. The molecule has 0 saturated carbocycles. The molecule has 1 aromatic carbocycles. The van der Waals surface area contributed by atoms with Gasteiger partial charge in [-0.3, -0.25) is 4.79 Å². The van der Waals surface area contributed by atoms with E-state index in [0.717, 1.165) is 23.9 Å². The van der Waals surface area contributed by atoms with E-state index in [9.17, 15) is 18.0 Å². The number of carbonyl (C=O) groups is 1. The molecule has 1 atom stereocenters. The molecule has 0 radical (unpaired) electrons. The minimum Gasteiger partial charge on any atom is -0.344 e. The van der Waals surface area contributed by atoms with E-state index in [4.69, 9.17) is 10.5 Å². The van der Waals surface area contributed by atoms with Gasteiger partial charge in [0.15, 0.2) is 0 Å². The molecule has 0 aromatic heterocycles. The Morgan fingerprint density at radius 2 is 2.04 bits per heavy atom. The molecule has 1 aromatic rings. The van der Waals surface area contributed by atoms with Crippen molar-refractivity contribution >= 4 is 17.7 Å². The molecule has 0 saturated heterocycles. The number of thioether (sulfide) groups is 1. The highest BCUT2D eigenvalue weighted by Crippen LogP contribution is 2.35. The molecule has 1 unspecified atom stereocenters. The van der Waals surface area contributed by atoms with E-state index in [1.165, 1.54) is 24.1 Å². The first-order chi connectivity index (χ1) is 10.7. The van der Waals surface area contributed by atoms with Crippen molar-refractivity contribution in [2.24, 2.45) is 0 Å². The SMILES string of the molecule is CC(Sc1ccc(C#N)c(C(F)(F)F)c1)C(=O)N(C)CCC#N. The van der Waals surface area contributed by atoms with Crippen LogP contribution in [0.4, 0.5) is 13.2 Å². The summed E-state index contributed by atoms with van der Waals surface area (Å²) in [5.74, 6) is -0.275. The van der Waals surface area contributed by atoms with Crippen LogP contribution in [0.15, 0.2) is 23.1 Å². The van der Waals surface area contributed by atoms with Crippen LogP contribution < -0.4 is 0 Å². The number of nitrogens with zero attached hydrogens (tertiary/aromatic N) is 3. The molecule has 23 heavy (non-hydrogen) atoms. The van der Waals surface area contributed by atoms with Gasteiger partial charge in [-0.25, -0.2) is 0 Å². The molecule has 0 N–H and O–H groups in total. The Hall–Kier alpha value is -2.19. The Balaban J connectivity index is 2.91. The zero-order valence-corrected chi connectivity index (χ0v) is 13.3. The molecule has 4 nitrogen and oxygen atoms in total. The van der Waals surface area contributed by atoms with Crippen molar-refractivity contribution in [3.05, 3.63) is 29.3 Å². The number of nitriles is 2. The summed E-state index contributed by atoms with van der Waals surface area (Å²) in [6.07, 6.45) is -4.44. The van der Waals surface area contributed by atoms with E-state index in [1.807, 2.05) is 6.07 Å². The summed E-state index contributed by atoms with van der Waals surface area (Å²) in [4.78, 5) is 13.7. The van der Waals surface area contributed by atoms with Crippen molar-refractivity contribution < 1.29 is 18.0 Å². The van der Waals surface area contributed by atoms with Gasteiger partial charge >= 0.3 is 6.18 Å². The minimum atomic E-state index is -4.63. The van der Waals surface area contributed by atoms with Gasteiger partial charge in [-0.1, -0.05) is 0 Å². The van der Waals surface area contributed by atoms with E-state index in [0.29, 0.717) is 0 Å². The highest BCUT2D eigenvalue weighted by Gasteiger charge is 2.34. The van der Waals surface area contributed by atoms with Gasteiger partial charge in [0.25, 0.3) is 0 Å². The Morgan fingerprint density at radius 3 is 2.57 bits per heavy atom.